The van der Waals surface area contributed by atoms with Crippen molar-refractivity contribution in [2.45, 2.75) is 19.1 Å². The number of hydrogen-bond acceptors (Lipinski definition) is 1. The summed E-state index contributed by atoms with van der Waals surface area (Å²) in [6, 6.07) is 13.0. The molecule has 0 bridgehead atoms. The first-order valence-electron chi connectivity index (χ1n) is 6.66. The average molecular weight is 308 g/mol. The summed E-state index contributed by atoms with van der Waals surface area (Å²) >= 11 is 0. The Labute approximate surface area is 126 Å². The number of nitrogens with one attached hydrogen (secondary N) is 2. The van der Waals surface area contributed by atoms with Gasteiger partial charge in [0.1, 0.15) is 0 Å². The fraction of sp³-hybridized carbons (Fsp3) is 0.188. The molecule has 0 aromatic heterocycles. The van der Waals surface area contributed by atoms with Crippen LogP contribution in [0.2, 0.25) is 0 Å². The van der Waals surface area contributed by atoms with Crippen molar-refractivity contribution in [2.75, 3.05) is 5.32 Å². The molecule has 2 amide bonds. The van der Waals surface area contributed by atoms with E-state index in [-0.39, 0.29) is 11.7 Å². The normalized spacial score (nSPS) is 12.5. The Morgan fingerprint density at radius 1 is 1.05 bits per heavy atom. The lowest BCUT2D eigenvalue weighted by Crippen LogP contribution is -2.31. The number of hydrogen-bond donors (Lipinski definition) is 2. The molecule has 1 atom stereocenters. The summed E-state index contributed by atoms with van der Waals surface area (Å²) in [5.74, 6) is 0. The van der Waals surface area contributed by atoms with Crippen LogP contribution < -0.4 is 10.6 Å². The fourth-order valence-corrected chi connectivity index (χ4v) is 1.96. The van der Waals surface area contributed by atoms with Crippen LogP contribution in [0.3, 0.4) is 0 Å². The molecular formula is C16H15F3N2O. The molecule has 0 aliphatic carbocycles. The van der Waals surface area contributed by atoms with Gasteiger partial charge in [-0.05, 0) is 30.7 Å². The maximum Gasteiger partial charge on any atom is 0.416 e. The third-order valence-corrected chi connectivity index (χ3v) is 3.09. The van der Waals surface area contributed by atoms with Gasteiger partial charge in [0.05, 0.1) is 11.6 Å². The van der Waals surface area contributed by atoms with Crippen molar-refractivity contribution in [2.24, 2.45) is 0 Å². The third kappa shape index (κ3) is 4.25. The average Bonchev–Trinajstić information content (AvgIpc) is 2.47. The Hall–Kier alpha value is -2.50. The lowest BCUT2D eigenvalue weighted by Gasteiger charge is -2.15. The number of amides is 2. The monoisotopic (exact) mass is 308 g/mol. The number of urea groups is 1. The topological polar surface area (TPSA) is 41.1 Å². The number of alkyl halides is 3. The molecule has 116 valence electrons. The molecule has 0 saturated carbocycles. The molecule has 0 aliphatic heterocycles. The van der Waals surface area contributed by atoms with Crippen molar-refractivity contribution >= 4 is 11.7 Å². The van der Waals surface area contributed by atoms with E-state index >= 15 is 0 Å². The van der Waals surface area contributed by atoms with Crippen LogP contribution in [0.4, 0.5) is 23.7 Å². The van der Waals surface area contributed by atoms with E-state index in [2.05, 4.69) is 10.6 Å². The van der Waals surface area contributed by atoms with Crippen molar-refractivity contribution in [3.8, 4) is 0 Å². The Morgan fingerprint density at radius 2 is 1.73 bits per heavy atom. The number of carbonyl (C=O) groups is 1. The summed E-state index contributed by atoms with van der Waals surface area (Å²) in [6.45, 7) is 1.79. The molecule has 0 aliphatic rings. The van der Waals surface area contributed by atoms with Crippen LogP contribution >= 0.6 is 0 Å². The van der Waals surface area contributed by atoms with Gasteiger partial charge in [-0.1, -0.05) is 36.4 Å². The molecule has 3 nitrogen and oxygen atoms in total. The van der Waals surface area contributed by atoms with Crippen LogP contribution in [0, 0.1) is 0 Å². The highest BCUT2D eigenvalue weighted by molar-refractivity contribution is 5.89. The zero-order chi connectivity index (χ0) is 16.2. The first kappa shape index (κ1) is 15.9. The van der Waals surface area contributed by atoms with Gasteiger partial charge in [-0.3, -0.25) is 0 Å². The van der Waals surface area contributed by atoms with E-state index in [4.69, 9.17) is 0 Å². The smallest absolute Gasteiger partial charge is 0.331 e. The van der Waals surface area contributed by atoms with E-state index in [0.29, 0.717) is 0 Å². The van der Waals surface area contributed by atoms with Crippen molar-refractivity contribution in [1.29, 1.82) is 0 Å². The Balaban J connectivity index is 2.01. The van der Waals surface area contributed by atoms with Crippen LogP contribution in [-0.4, -0.2) is 6.03 Å². The zero-order valence-corrected chi connectivity index (χ0v) is 11.8. The summed E-state index contributed by atoms with van der Waals surface area (Å²) < 4.78 is 37.8. The minimum Gasteiger partial charge on any atom is -0.331 e. The van der Waals surface area contributed by atoms with Crippen molar-refractivity contribution in [1.82, 2.24) is 5.32 Å². The van der Waals surface area contributed by atoms with Crippen LogP contribution in [0.1, 0.15) is 24.1 Å². The van der Waals surface area contributed by atoms with E-state index in [1.165, 1.54) is 12.1 Å². The van der Waals surface area contributed by atoms with Crippen molar-refractivity contribution in [3.05, 3.63) is 65.7 Å². The maximum atomic E-state index is 12.6. The molecule has 22 heavy (non-hydrogen) atoms. The van der Waals surface area contributed by atoms with Crippen molar-refractivity contribution in [3.63, 3.8) is 0 Å². The standard InChI is InChI=1S/C16H15F3N2O/c1-11(12-6-3-2-4-7-12)20-15(22)21-14-9-5-8-13(10-14)16(17,18)19/h2-11H,1H3,(H2,20,21,22). The minimum atomic E-state index is -4.44. The molecule has 2 aromatic rings. The molecule has 2 aromatic carbocycles. The van der Waals surface area contributed by atoms with Gasteiger partial charge < -0.3 is 10.6 Å². The second-order valence-corrected chi connectivity index (χ2v) is 4.81. The summed E-state index contributed by atoms with van der Waals surface area (Å²) in [5, 5.41) is 5.08. The summed E-state index contributed by atoms with van der Waals surface area (Å²) in [7, 11) is 0. The molecule has 0 spiro atoms. The van der Waals surface area contributed by atoms with Crippen molar-refractivity contribution < 1.29 is 18.0 Å². The van der Waals surface area contributed by atoms with Crippen LogP contribution in [-0.2, 0) is 6.18 Å². The van der Waals surface area contributed by atoms with Crippen LogP contribution in [0.5, 0.6) is 0 Å². The first-order chi connectivity index (χ1) is 10.4. The van der Waals surface area contributed by atoms with Gasteiger partial charge in [0.2, 0.25) is 0 Å². The molecular weight excluding hydrogens is 293 g/mol. The quantitative estimate of drug-likeness (QED) is 0.855. The molecule has 0 fully saturated rings. The summed E-state index contributed by atoms with van der Waals surface area (Å²) in [4.78, 5) is 11.9. The zero-order valence-electron chi connectivity index (χ0n) is 11.8. The van der Waals surface area contributed by atoms with Gasteiger partial charge in [0.15, 0.2) is 0 Å². The van der Waals surface area contributed by atoms with E-state index < -0.39 is 17.8 Å². The summed E-state index contributed by atoms with van der Waals surface area (Å²) in [5.41, 5.74) is 0.190. The number of rotatable bonds is 3. The van der Waals surface area contributed by atoms with Crippen LogP contribution in [0.25, 0.3) is 0 Å². The second-order valence-electron chi connectivity index (χ2n) is 4.81. The largest absolute Gasteiger partial charge is 0.416 e. The van der Waals surface area contributed by atoms with E-state index in [1.807, 2.05) is 30.3 Å². The molecule has 6 heteroatoms. The molecule has 0 heterocycles. The lowest BCUT2D eigenvalue weighted by molar-refractivity contribution is -0.137. The van der Waals surface area contributed by atoms with Gasteiger partial charge in [-0.25, -0.2) is 4.79 Å². The van der Waals surface area contributed by atoms with E-state index in [0.717, 1.165) is 17.7 Å². The molecule has 0 saturated heterocycles. The molecule has 1 unspecified atom stereocenters. The second kappa shape index (κ2) is 6.51. The third-order valence-electron chi connectivity index (χ3n) is 3.09. The highest BCUT2D eigenvalue weighted by atomic mass is 19.4. The SMILES string of the molecule is CC(NC(=O)Nc1cccc(C(F)(F)F)c1)c1ccccc1. The van der Waals surface area contributed by atoms with Crippen LogP contribution in [0.15, 0.2) is 54.6 Å². The molecule has 2 rings (SSSR count). The van der Waals surface area contributed by atoms with E-state index in [9.17, 15) is 18.0 Å². The lowest BCUT2D eigenvalue weighted by atomic mass is 10.1. The van der Waals surface area contributed by atoms with Gasteiger partial charge in [0, 0.05) is 5.69 Å². The summed E-state index contributed by atoms with van der Waals surface area (Å²) in [6.07, 6.45) is -4.44. The minimum absolute atomic E-state index is 0.0904. The Morgan fingerprint density at radius 3 is 2.36 bits per heavy atom. The Bertz CT molecular complexity index is 641. The number of carbonyl (C=O) groups excluding carboxylic acids is 1. The highest BCUT2D eigenvalue weighted by Crippen LogP contribution is 2.30. The predicted octanol–water partition coefficient (Wildman–Crippen LogP) is 4.59. The predicted molar refractivity (Wildman–Crippen MR) is 78.5 cm³/mol. The van der Waals surface area contributed by atoms with E-state index in [1.54, 1.807) is 6.92 Å². The van der Waals surface area contributed by atoms with Gasteiger partial charge in [-0.2, -0.15) is 13.2 Å². The molecule has 0 radical (unpaired) electrons. The fourth-order valence-electron chi connectivity index (χ4n) is 1.96. The molecule has 2 N–H and O–H groups in total. The van der Waals surface area contributed by atoms with Gasteiger partial charge >= 0.3 is 12.2 Å². The number of anilines is 1. The number of halogens is 3. The maximum absolute atomic E-state index is 12.6. The van der Waals surface area contributed by atoms with Gasteiger partial charge in [-0.15, -0.1) is 0 Å². The Kier molecular flexibility index (Phi) is 4.70. The first-order valence-corrected chi connectivity index (χ1v) is 6.66. The number of benzene rings is 2. The highest BCUT2D eigenvalue weighted by Gasteiger charge is 2.30. The van der Waals surface area contributed by atoms with Gasteiger partial charge in [0.25, 0.3) is 0 Å².